The molecule has 0 spiro atoms. The Hall–Kier alpha value is -1.25. The zero-order chi connectivity index (χ0) is 12.1. The van der Waals surface area contributed by atoms with Crippen molar-refractivity contribution in [2.24, 2.45) is 0 Å². The number of hydrogen-bond donors (Lipinski definition) is 2. The quantitative estimate of drug-likeness (QED) is 0.833. The average molecular weight is 233 g/mol. The molecule has 1 heterocycles. The Kier molecular flexibility index (Phi) is 3.87. The molecule has 0 aliphatic heterocycles. The van der Waals surface area contributed by atoms with Crippen LogP contribution in [0.3, 0.4) is 0 Å². The van der Waals surface area contributed by atoms with Crippen LogP contribution in [0.5, 0.6) is 0 Å². The maximum absolute atomic E-state index is 4.27. The second kappa shape index (κ2) is 5.39. The Morgan fingerprint density at radius 1 is 1.18 bits per heavy atom. The second-order valence-corrected chi connectivity index (χ2v) is 5.24. The van der Waals surface area contributed by atoms with E-state index in [0.717, 1.165) is 17.9 Å². The first-order valence-electron chi connectivity index (χ1n) is 6.69. The Morgan fingerprint density at radius 2 is 1.88 bits per heavy atom. The van der Waals surface area contributed by atoms with Crippen LogP contribution in [0, 0.1) is 0 Å². The van der Waals surface area contributed by atoms with E-state index in [1.165, 1.54) is 32.1 Å². The van der Waals surface area contributed by atoms with Gasteiger partial charge in [0.15, 0.2) is 0 Å². The molecule has 1 aromatic heterocycles. The molecule has 1 aromatic rings. The van der Waals surface area contributed by atoms with Gasteiger partial charge in [-0.1, -0.05) is 19.3 Å². The number of pyridine rings is 1. The number of nitrogens with zero attached hydrogens (tertiary/aromatic N) is 1. The van der Waals surface area contributed by atoms with Gasteiger partial charge in [-0.25, -0.2) is 0 Å². The van der Waals surface area contributed by atoms with Gasteiger partial charge in [0.05, 0.1) is 23.8 Å². The largest absolute Gasteiger partial charge is 0.384 e. The molecule has 1 saturated carbocycles. The highest BCUT2D eigenvalue weighted by atomic mass is 15.0. The molecule has 0 radical (unpaired) electrons. The predicted octanol–water partition coefficient (Wildman–Crippen LogP) is 3.65. The van der Waals surface area contributed by atoms with Crippen LogP contribution in [-0.4, -0.2) is 17.1 Å². The molecule has 0 saturated heterocycles. The number of rotatable bonds is 4. The molecule has 0 aromatic carbocycles. The molecule has 2 rings (SSSR count). The summed E-state index contributed by atoms with van der Waals surface area (Å²) < 4.78 is 0. The monoisotopic (exact) mass is 233 g/mol. The minimum atomic E-state index is 0.255. The van der Waals surface area contributed by atoms with Crippen LogP contribution in [0.2, 0.25) is 0 Å². The summed E-state index contributed by atoms with van der Waals surface area (Å²) in [6.45, 7) is 5.36. The fourth-order valence-corrected chi connectivity index (χ4v) is 2.61. The summed E-state index contributed by atoms with van der Waals surface area (Å²) in [7, 11) is 0. The third-order valence-corrected chi connectivity index (χ3v) is 3.52. The summed E-state index contributed by atoms with van der Waals surface area (Å²) in [4.78, 5) is 4.27. The van der Waals surface area contributed by atoms with Crippen LogP contribution in [0.4, 0.5) is 11.4 Å². The molecular formula is C14H23N3. The lowest BCUT2D eigenvalue weighted by Crippen LogP contribution is -2.36. The van der Waals surface area contributed by atoms with Gasteiger partial charge in [-0.2, -0.15) is 0 Å². The van der Waals surface area contributed by atoms with Crippen LogP contribution in [-0.2, 0) is 0 Å². The van der Waals surface area contributed by atoms with Crippen molar-refractivity contribution in [2.45, 2.75) is 51.5 Å². The summed E-state index contributed by atoms with van der Waals surface area (Å²) in [5, 5.41) is 6.95. The van der Waals surface area contributed by atoms with Crippen LogP contribution >= 0.6 is 0 Å². The topological polar surface area (TPSA) is 37.0 Å². The van der Waals surface area contributed by atoms with E-state index in [1.54, 1.807) is 0 Å². The van der Waals surface area contributed by atoms with Crippen molar-refractivity contribution in [1.82, 2.24) is 4.98 Å². The molecule has 94 valence electrons. The lowest BCUT2D eigenvalue weighted by atomic mass is 9.83. The van der Waals surface area contributed by atoms with Crippen LogP contribution in [0.1, 0.15) is 46.0 Å². The van der Waals surface area contributed by atoms with Crippen molar-refractivity contribution in [3.63, 3.8) is 0 Å². The van der Waals surface area contributed by atoms with Gasteiger partial charge in [0.25, 0.3) is 0 Å². The number of hydrogen-bond acceptors (Lipinski definition) is 3. The number of nitrogens with one attached hydrogen (secondary N) is 2. The number of anilines is 2. The van der Waals surface area contributed by atoms with E-state index in [2.05, 4.69) is 35.5 Å². The highest BCUT2D eigenvalue weighted by molar-refractivity contribution is 5.55. The molecule has 3 nitrogen and oxygen atoms in total. The third-order valence-electron chi connectivity index (χ3n) is 3.52. The van der Waals surface area contributed by atoms with E-state index in [1.807, 2.05) is 12.4 Å². The van der Waals surface area contributed by atoms with Gasteiger partial charge < -0.3 is 10.6 Å². The van der Waals surface area contributed by atoms with E-state index in [4.69, 9.17) is 0 Å². The van der Waals surface area contributed by atoms with Gasteiger partial charge >= 0.3 is 0 Å². The highest BCUT2D eigenvalue weighted by Gasteiger charge is 2.26. The van der Waals surface area contributed by atoms with Gasteiger partial charge in [-0.3, -0.25) is 4.98 Å². The van der Waals surface area contributed by atoms with Crippen molar-refractivity contribution in [1.29, 1.82) is 0 Å². The maximum atomic E-state index is 4.27. The van der Waals surface area contributed by atoms with Gasteiger partial charge in [0.2, 0.25) is 0 Å². The van der Waals surface area contributed by atoms with Crippen molar-refractivity contribution in [3.8, 4) is 0 Å². The zero-order valence-electron chi connectivity index (χ0n) is 10.9. The van der Waals surface area contributed by atoms with Crippen LogP contribution in [0.25, 0.3) is 0 Å². The van der Waals surface area contributed by atoms with Crippen LogP contribution in [0.15, 0.2) is 18.5 Å². The van der Waals surface area contributed by atoms with Crippen molar-refractivity contribution in [3.05, 3.63) is 18.5 Å². The first kappa shape index (κ1) is 12.2. The van der Waals surface area contributed by atoms with Crippen molar-refractivity contribution < 1.29 is 0 Å². The Balaban J connectivity index is 2.04. The lowest BCUT2D eigenvalue weighted by molar-refractivity contribution is 0.349. The summed E-state index contributed by atoms with van der Waals surface area (Å²) in [6.07, 6.45) is 10.4. The summed E-state index contributed by atoms with van der Waals surface area (Å²) in [6, 6.07) is 2.15. The Morgan fingerprint density at radius 3 is 2.59 bits per heavy atom. The SMILES string of the molecule is CCNc1cncc(NC2(C)CCCCC2)c1. The Bertz CT molecular complexity index is 356. The smallest absolute Gasteiger partial charge is 0.0551 e. The molecule has 2 N–H and O–H groups in total. The minimum Gasteiger partial charge on any atom is -0.384 e. The molecular weight excluding hydrogens is 210 g/mol. The zero-order valence-corrected chi connectivity index (χ0v) is 10.9. The molecule has 3 heteroatoms. The standard InChI is InChI=1S/C14H23N3/c1-3-16-12-9-13(11-15-10-12)17-14(2)7-5-4-6-8-14/h9-11,16-17H,3-8H2,1-2H3. The molecule has 1 aliphatic carbocycles. The molecule has 0 atom stereocenters. The average Bonchev–Trinajstić information content (AvgIpc) is 2.30. The minimum absolute atomic E-state index is 0.255. The van der Waals surface area contributed by atoms with E-state index in [0.29, 0.717) is 0 Å². The molecule has 0 bridgehead atoms. The molecule has 0 unspecified atom stereocenters. The fraction of sp³-hybridized carbons (Fsp3) is 0.643. The second-order valence-electron chi connectivity index (χ2n) is 5.24. The van der Waals surface area contributed by atoms with E-state index in [9.17, 15) is 0 Å². The fourth-order valence-electron chi connectivity index (χ4n) is 2.61. The van der Waals surface area contributed by atoms with Gasteiger partial charge in [0.1, 0.15) is 0 Å². The number of aromatic nitrogens is 1. The van der Waals surface area contributed by atoms with E-state index in [-0.39, 0.29) is 5.54 Å². The third kappa shape index (κ3) is 3.35. The molecule has 0 amide bonds. The molecule has 1 fully saturated rings. The van der Waals surface area contributed by atoms with Gasteiger partial charge in [-0.05, 0) is 32.8 Å². The van der Waals surface area contributed by atoms with Gasteiger partial charge in [-0.15, -0.1) is 0 Å². The normalized spacial score (nSPS) is 18.7. The molecule has 1 aliphatic rings. The van der Waals surface area contributed by atoms with E-state index >= 15 is 0 Å². The van der Waals surface area contributed by atoms with Crippen LogP contribution < -0.4 is 10.6 Å². The predicted molar refractivity (Wildman–Crippen MR) is 73.5 cm³/mol. The van der Waals surface area contributed by atoms with E-state index < -0.39 is 0 Å². The summed E-state index contributed by atoms with van der Waals surface area (Å²) in [5.41, 5.74) is 2.48. The summed E-state index contributed by atoms with van der Waals surface area (Å²) >= 11 is 0. The lowest BCUT2D eigenvalue weighted by Gasteiger charge is -2.35. The highest BCUT2D eigenvalue weighted by Crippen LogP contribution is 2.31. The van der Waals surface area contributed by atoms with Crippen molar-refractivity contribution >= 4 is 11.4 Å². The first-order chi connectivity index (χ1) is 8.22. The van der Waals surface area contributed by atoms with Gasteiger partial charge in [0, 0.05) is 12.1 Å². The first-order valence-corrected chi connectivity index (χ1v) is 6.69. The summed E-state index contributed by atoms with van der Waals surface area (Å²) in [5.74, 6) is 0. The molecule has 17 heavy (non-hydrogen) atoms. The Labute approximate surface area is 104 Å². The van der Waals surface area contributed by atoms with Crippen molar-refractivity contribution in [2.75, 3.05) is 17.2 Å². The maximum Gasteiger partial charge on any atom is 0.0551 e.